The molecule has 3 aromatic rings. The maximum Gasteiger partial charge on any atom is 0.253 e. The molecule has 0 radical (unpaired) electrons. The summed E-state index contributed by atoms with van der Waals surface area (Å²) in [6, 6.07) is 20.4. The molecule has 6 heteroatoms. The molecule has 188 valence electrons. The fraction of sp³-hybridized carbons (Fsp3) is 0.367. The van der Waals surface area contributed by atoms with Crippen LogP contribution in [0, 0.1) is 18.3 Å². The van der Waals surface area contributed by atoms with Crippen molar-refractivity contribution in [2.75, 3.05) is 25.5 Å². The van der Waals surface area contributed by atoms with Crippen LogP contribution < -0.4 is 11.1 Å². The van der Waals surface area contributed by atoms with Gasteiger partial charge in [-0.15, -0.1) is 0 Å². The molecule has 2 aromatic carbocycles. The number of carbonyl (C=O) groups is 1. The fourth-order valence-electron chi connectivity index (χ4n) is 4.65. The highest BCUT2D eigenvalue weighted by atomic mass is 16.2. The van der Waals surface area contributed by atoms with Crippen LogP contribution in [0.2, 0.25) is 0 Å². The third kappa shape index (κ3) is 6.71. The summed E-state index contributed by atoms with van der Waals surface area (Å²) in [6.07, 6.45) is 4.83. The maximum atomic E-state index is 13.4. The number of nitrogens with one attached hydrogen (secondary N) is 1. The van der Waals surface area contributed by atoms with Crippen LogP contribution in [0.15, 0.2) is 60.8 Å². The van der Waals surface area contributed by atoms with E-state index in [1.165, 1.54) is 12.6 Å². The lowest BCUT2D eigenvalue weighted by molar-refractivity contribution is 0.0761. The monoisotopic (exact) mass is 483 g/mol. The van der Waals surface area contributed by atoms with E-state index in [0.29, 0.717) is 17.5 Å². The number of pyridine rings is 1. The molecule has 1 aromatic heterocycles. The Bertz CT molecular complexity index is 1180. The third-order valence-corrected chi connectivity index (χ3v) is 6.52. The van der Waals surface area contributed by atoms with Crippen molar-refractivity contribution in [3.63, 3.8) is 0 Å². The van der Waals surface area contributed by atoms with E-state index in [1.54, 1.807) is 0 Å². The van der Waals surface area contributed by atoms with Gasteiger partial charge >= 0.3 is 0 Å². The lowest BCUT2D eigenvalue weighted by atomic mass is 9.91. The van der Waals surface area contributed by atoms with Gasteiger partial charge in [0.05, 0.1) is 11.6 Å². The molecule has 6 nitrogen and oxygen atoms in total. The molecule has 1 aliphatic heterocycles. The summed E-state index contributed by atoms with van der Waals surface area (Å²) in [4.78, 5) is 19.9. The van der Waals surface area contributed by atoms with Crippen LogP contribution in [0.25, 0.3) is 11.1 Å². The number of nitrogens with zero attached hydrogens (tertiary/aromatic N) is 3. The largest absolute Gasteiger partial charge is 0.368 e. The molecular weight excluding hydrogens is 446 g/mol. The van der Waals surface area contributed by atoms with Crippen LogP contribution in [0.4, 0.5) is 5.82 Å². The number of rotatable bonds is 5. The van der Waals surface area contributed by atoms with Crippen molar-refractivity contribution >= 4 is 11.7 Å². The normalized spacial score (nSPS) is 15.4. The Balaban J connectivity index is 0.00000176. The van der Waals surface area contributed by atoms with Gasteiger partial charge in [-0.2, -0.15) is 5.26 Å². The summed E-state index contributed by atoms with van der Waals surface area (Å²) in [6.45, 7) is 7.75. The van der Waals surface area contributed by atoms with Crippen molar-refractivity contribution in [1.82, 2.24) is 9.88 Å². The summed E-state index contributed by atoms with van der Waals surface area (Å²) >= 11 is 0. The van der Waals surface area contributed by atoms with Crippen molar-refractivity contribution in [2.45, 2.75) is 52.0 Å². The van der Waals surface area contributed by atoms with Gasteiger partial charge in [-0.25, -0.2) is 4.98 Å². The molecule has 1 aliphatic rings. The number of hydrogen-bond acceptors (Lipinski definition) is 5. The molecule has 1 amide bonds. The van der Waals surface area contributed by atoms with E-state index in [-0.39, 0.29) is 5.91 Å². The third-order valence-electron chi connectivity index (χ3n) is 6.52. The molecule has 3 N–H and O–H groups in total. The van der Waals surface area contributed by atoms with Crippen molar-refractivity contribution in [3.05, 3.63) is 83.0 Å². The topological polar surface area (TPSA) is 95.0 Å². The molecule has 0 saturated carbocycles. The predicted octanol–water partition coefficient (Wildman–Crippen LogP) is 5.73. The first-order valence-corrected chi connectivity index (χ1v) is 12.7. The summed E-state index contributed by atoms with van der Waals surface area (Å²) in [5.74, 6) is 1.36. The highest BCUT2D eigenvalue weighted by Crippen LogP contribution is 2.30. The number of likely N-dealkylation sites (tertiary alicyclic amines) is 1. The summed E-state index contributed by atoms with van der Waals surface area (Å²) in [7, 11) is 1.50. The van der Waals surface area contributed by atoms with E-state index >= 15 is 0 Å². The van der Waals surface area contributed by atoms with Crippen molar-refractivity contribution in [1.29, 1.82) is 5.26 Å². The molecule has 0 bridgehead atoms. The van der Waals surface area contributed by atoms with E-state index in [9.17, 15) is 4.79 Å². The highest BCUT2D eigenvalue weighted by molar-refractivity contribution is 5.95. The van der Waals surface area contributed by atoms with Crippen LogP contribution >= 0.6 is 0 Å². The Morgan fingerprint density at radius 3 is 2.47 bits per heavy atom. The number of nitriles is 1. The first-order valence-electron chi connectivity index (χ1n) is 12.7. The molecular formula is C30H37N5O. The van der Waals surface area contributed by atoms with Crippen molar-refractivity contribution < 1.29 is 4.79 Å². The molecule has 1 unspecified atom stereocenters. The van der Waals surface area contributed by atoms with Crippen LogP contribution in [0.1, 0.15) is 66.1 Å². The maximum absolute atomic E-state index is 13.4. The minimum atomic E-state index is 0.0905. The average molecular weight is 484 g/mol. The number of nitrogens with two attached hydrogens (primary N) is 1. The zero-order valence-corrected chi connectivity index (χ0v) is 21.8. The van der Waals surface area contributed by atoms with Gasteiger partial charge in [0.2, 0.25) is 0 Å². The molecule has 1 atom stereocenters. The van der Waals surface area contributed by atoms with E-state index in [1.807, 2.05) is 47.5 Å². The van der Waals surface area contributed by atoms with Gasteiger partial charge in [-0.05, 0) is 106 Å². The second-order valence-electron chi connectivity index (χ2n) is 9.41. The molecule has 0 aliphatic carbocycles. The number of carbonyl (C=O) groups excluding carboxylic acids is 1. The smallest absolute Gasteiger partial charge is 0.253 e. The van der Waals surface area contributed by atoms with Gasteiger partial charge in [0.25, 0.3) is 5.91 Å². The number of aryl methyl sites for hydroxylation is 1. The average Bonchev–Trinajstić information content (AvgIpc) is 3.16. The lowest BCUT2D eigenvalue weighted by Crippen LogP contribution is -2.32. The number of amides is 1. The van der Waals surface area contributed by atoms with Crippen LogP contribution in [-0.2, 0) is 0 Å². The summed E-state index contributed by atoms with van der Waals surface area (Å²) in [5.41, 5.74) is 10.3. The summed E-state index contributed by atoms with van der Waals surface area (Å²) in [5, 5.41) is 12.4. The van der Waals surface area contributed by atoms with Gasteiger partial charge < -0.3 is 16.0 Å². The SMILES string of the molecule is CN.Cc1ccc(C(=O)N2CCCC(c3ccc(C#N)cc3)CC2)cc1-c1ccc(NC(C)C)nc1. The number of anilines is 1. The Labute approximate surface area is 215 Å². The molecule has 36 heavy (non-hydrogen) atoms. The van der Waals surface area contributed by atoms with E-state index in [0.717, 1.165) is 60.4 Å². The Morgan fingerprint density at radius 1 is 1.08 bits per heavy atom. The van der Waals surface area contributed by atoms with Crippen molar-refractivity contribution in [3.8, 4) is 17.2 Å². The number of benzene rings is 2. The molecule has 1 fully saturated rings. The van der Waals surface area contributed by atoms with E-state index in [2.05, 4.69) is 61.1 Å². The minimum absolute atomic E-state index is 0.0905. The van der Waals surface area contributed by atoms with Crippen LogP contribution in [-0.4, -0.2) is 42.0 Å². The molecule has 4 rings (SSSR count). The van der Waals surface area contributed by atoms with Crippen LogP contribution in [0.5, 0.6) is 0 Å². The zero-order valence-electron chi connectivity index (χ0n) is 21.8. The van der Waals surface area contributed by atoms with Gasteiger partial charge in [0.1, 0.15) is 5.82 Å². The van der Waals surface area contributed by atoms with E-state index in [4.69, 9.17) is 5.26 Å². The second kappa shape index (κ2) is 12.9. The zero-order chi connectivity index (χ0) is 26.1. The Kier molecular flexibility index (Phi) is 9.61. The molecule has 0 spiro atoms. The number of aromatic nitrogens is 1. The predicted molar refractivity (Wildman–Crippen MR) is 147 cm³/mol. The first kappa shape index (κ1) is 26.9. The second-order valence-corrected chi connectivity index (χ2v) is 9.41. The van der Waals surface area contributed by atoms with Crippen LogP contribution in [0.3, 0.4) is 0 Å². The van der Waals surface area contributed by atoms with Gasteiger partial charge in [-0.1, -0.05) is 18.2 Å². The standard InChI is InChI=1S/C29H32N4O.CH5N/c1-20(2)32-28-13-12-26(19-31-28)27-17-25(9-6-21(27)3)29(34)33-15-4-5-23(14-16-33)24-10-7-22(18-30)8-11-24;1-2/h6-13,17,19-20,23H,4-5,14-16H2,1-3H3,(H,31,32);2H2,1H3. The Morgan fingerprint density at radius 2 is 1.83 bits per heavy atom. The van der Waals surface area contributed by atoms with E-state index < -0.39 is 0 Å². The molecule has 2 heterocycles. The highest BCUT2D eigenvalue weighted by Gasteiger charge is 2.23. The van der Waals surface area contributed by atoms with Gasteiger partial charge in [0.15, 0.2) is 0 Å². The molecule has 1 saturated heterocycles. The van der Waals surface area contributed by atoms with Gasteiger partial charge in [-0.3, -0.25) is 4.79 Å². The summed E-state index contributed by atoms with van der Waals surface area (Å²) < 4.78 is 0. The quantitative estimate of drug-likeness (QED) is 0.483. The Hall–Kier alpha value is -3.69. The lowest BCUT2D eigenvalue weighted by Gasteiger charge is -2.21. The fourth-order valence-corrected chi connectivity index (χ4v) is 4.65. The van der Waals surface area contributed by atoms with Crippen molar-refractivity contribution in [2.24, 2.45) is 5.73 Å². The number of hydrogen-bond donors (Lipinski definition) is 2. The van der Waals surface area contributed by atoms with Gasteiger partial charge in [0, 0.05) is 36.5 Å². The minimum Gasteiger partial charge on any atom is -0.368 e. The first-order chi connectivity index (χ1) is 17.4.